The van der Waals surface area contributed by atoms with Crippen LogP contribution >= 0.6 is 15.9 Å². The third-order valence-electron chi connectivity index (χ3n) is 2.14. The Hall–Kier alpha value is -0.740. The van der Waals surface area contributed by atoms with Gasteiger partial charge in [0.15, 0.2) is 0 Å². The summed E-state index contributed by atoms with van der Waals surface area (Å²) < 4.78 is 0.922. The molecule has 1 rings (SSSR count). The molecular weight excluding hydrogens is 266 g/mol. The fourth-order valence-corrected chi connectivity index (χ4v) is 2.00. The molecule has 0 fully saturated rings. The lowest BCUT2D eigenvalue weighted by Crippen LogP contribution is -2.10. The lowest BCUT2D eigenvalue weighted by molar-refractivity contribution is 0.795. The van der Waals surface area contributed by atoms with Crippen molar-refractivity contribution in [1.82, 2.24) is 0 Å². The van der Waals surface area contributed by atoms with Gasteiger partial charge in [0, 0.05) is 4.47 Å². The van der Waals surface area contributed by atoms with Crippen molar-refractivity contribution in [2.75, 3.05) is 11.2 Å². The highest BCUT2D eigenvalue weighted by atomic mass is 79.9. The summed E-state index contributed by atoms with van der Waals surface area (Å²) >= 11 is 3.43. The van der Waals surface area contributed by atoms with Crippen molar-refractivity contribution in [3.63, 3.8) is 0 Å². The van der Waals surface area contributed by atoms with Gasteiger partial charge in [0.05, 0.1) is 11.4 Å². The van der Waals surface area contributed by atoms with Gasteiger partial charge in [-0.2, -0.15) is 0 Å². The number of hydrogen-bond donors (Lipinski definition) is 3. The van der Waals surface area contributed by atoms with Gasteiger partial charge in [-0.25, -0.2) is 0 Å². The molecule has 0 saturated heterocycles. The van der Waals surface area contributed by atoms with Crippen molar-refractivity contribution >= 4 is 27.3 Å². The maximum atomic E-state index is 5.83. The third kappa shape index (κ3) is 4.41. The van der Waals surface area contributed by atoms with E-state index >= 15 is 0 Å². The zero-order valence-electron chi connectivity index (χ0n) is 10.3. The number of hydrazine groups is 1. The first-order valence-corrected chi connectivity index (χ1v) is 6.52. The molecule has 0 saturated carbocycles. The summed E-state index contributed by atoms with van der Waals surface area (Å²) in [5.74, 6) is 5.34. The molecule has 0 radical (unpaired) electrons. The standard InChI is InChI=1S/C10H16BrN3.C2H6/c1-2-3-4-7-5-8(11)10(14-13)9(12)6-7;1-2/h5-6,14H,2-4,12-13H2,1H3;1-2H3. The van der Waals surface area contributed by atoms with Gasteiger partial charge in [0.2, 0.25) is 0 Å². The summed E-state index contributed by atoms with van der Waals surface area (Å²) in [5.41, 5.74) is 11.1. The molecule has 0 bridgehead atoms. The average molecular weight is 288 g/mol. The predicted molar refractivity (Wildman–Crippen MR) is 76.3 cm³/mol. The number of halogens is 1. The van der Waals surface area contributed by atoms with Crippen molar-refractivity contribution in [3.8, 4) is 0 Å². The number of anilines is 2. The Bertz CT molecular complexity index is 290. The van der Waals surface area contributed by atoms with Crippen LogP contribution in [0.2, 0.25) is 0 Å². The molecule has 1 aromatic carbocycles. The number of unbranched alkanes of at least 4 members (excludes halogenated alkanes) is 1. The van der Waals surface area contributed by atoms with Gasteiger partial charge >= 0.3 is 0 Å². The van der Waals surface area contributed by atoms with Crippen LogP contribution in [0.4, 0.5) is 11.4 Å². The largest absolute Gasteiger partial charge is 0.397 e. The van der Waals surface area contributed by atoms with E-state index < -0.39 is 0 Å². The number of hydrogen-bond acceptors (Lipinski definition) is 3. The van der Waals surface area contributed by atoms with Gasteiger partial charge in [-0.15, -0.1) is 0 Å². The number of rotatable bonds is 4. The number of aryl methyl sites for hydroxylation is 1. The van der Waals surface area contributed by atoms with E-state index in [1.54, 1.807) is 0 Å². The minimum Gasteiger partial charge on any atom is -0.397 e. The Morgan fingerprint density at radius 2 is 1.94 bits per heavy atom. The highest BCUT2D eigenvalue weighted by molar-refractivity contribution is 9.10. The van der Waals surface area contributed by atoms with Crippen LogP contribution in [-0.4, -0.2) is 0 Å². The Labute approximate surface area is 107 Å². The predicted octanol–water partition coefficient (Wildman–Crippen LogP) is 3.69. The van der Waals surface area contributed by atoms with E-state index in [4.69, 9.17) is 11.6 Å². The summed E-state index contributed by atoms with van der Waals surface area (Å²) in [7, 11) is 0. The minimum absolute atomic E-state index is 0.688. The lowest BCUT2D eigenvalue weighted by atomic mass is 10.1. The number of nitrogens with two attached hydrogens (primary N) is 2. The van der Waals surface area contributed by atoms with Crippen LogP contribution in [-0.2, 0) is 6.42 Å². The first-order chi connectivity index (χ1) is 7.69. The second kappa shape index (κ2) is 8.42. The van der Waals surface area contributed by atoms with Crippen LogP contribution in [0.5, 0.6) is 0 Å². The summed E-state index contributed by atoms with van der Waals surface area (Å²) in [6.07, 6.45) is 3.43. The third-order valence-corrected chi connectivity index (χ3v) is 2.77. The number of benzene rings is 1. The van der Waals surface area contributed by atoms with E-state index in [1.165, 1.54) is 18.4 Å². The van der Waals surface area contributed by atoms with Crippen molar-refractivity contribution in [2.45, 2.75) is 40.0 Å². The van der Waals surface area contributed by atoms with E-state index in [1.807, 2.05) is 19.9 Å². The average Bonchev–Trinajstić information content (AvgIpc) is 2.29. The fraction of sp³-hybridized carbons (Fsp3) is 0.500. The number of nitrogens with one attached hydrogen (secondary N) is 1. The molecule has 5 N–H and O–H groups in total. The molecule has 0 aliphatic rings. The topological polar surface area (TPSA) is 64.1 Å². The molecule has 3 nitrogen and oxygen atoms in total. The molecule has 0 aromatic heterocycles. The molecule has 0 amide bonds. The van der Waals surface area contributed by atoms with Crippen molar-refractivity contribution < 1.29 is 0 Å². The second-order valence-electron chi connectivity index (χ2n) is 3.29. The summed E-state index contributed by atoms with van der Waals surface area (Å²) in [5, 5.41) is 0. The maximum absolute atomic E-state index is 5.83. The van der Waals surface area contributed by atoms with Gasteiger partial charge in [-0.3, -0.25) is 5.84 Å². The SMILES string of the molecule is CC.CCCCc1cc(N)c(NN)c(Br)c1. The quantitative estimate of drug-likeness (QED) is 0.450. The molecule has 4 heteroatoms. The first-order valence-electron chi connectivity index (χ1n) is 5.73. The molecule has 0 aliphatic heterocycles. The second-order valence-corrected chi connectivity index (χ2v) is 4.14. The van der Waals surface area contributed by atoms with Crippen molar-refractivity contribution in [1.29, 1.82) is 0 Å². The zero-order valence-corrected chi connectivity index (χ0v) is 11.9. The molecule has 0 atom stereocenters. The van der Waals surface area contributed by atoms with Crippen LogP contribution in [0.15, 0.2) is 16.6 Å². The molecular formula is C12H22BrN3. The van der Waals surface area contributed by atoms with Crippen LogP contribution in [0, 0.1) is 0 Å². The molecule has 0 heterocycles. The Morgan fingerprint density at radius 3 is 2.38 bits per heavy atom. The Kier molecular flexibility index (Phi) is 8.03. The van der Waals surface area contributed by atoms with E-state index in [0.29, 0.717) is 5.69 Å². The first kappa shape index (κ1) is 15.3. The van der Waals surface area contributed by atoms with Crippen molar-refractivity contribution in [3.05, 3.63) is 22.2 Å². The van der Waals surface area contributed by atoms with Gasteiger partial charge < -0.3 is 11.2 Å². The highest BCUT2D eigenvalue weighted by Crippen LogP contribution is 2.29. The smallest absolute Gasteiger partial charge is 0.0860 e. The lowest BCUT2D eigenvalue weighted by Gasteiger charge is -2.10. The van der Waals surface area contributed by atoms with Crippen molar-refractivity contribution in [2.24, 2.45) is 5.84 Å². The van der Waals surface area contributed by atoms with Gasteiger partial charge in [-0.1, -0.05) is 27.2 Å². The monoisotopic (exact) mass is 287 g/mol. The molecule has 0 spiro atoms. The molecule has 16 heavy (non-hydrogen) atoms. The maximum Gasteiger partial charge on any atom is 0.0860 e. The fourth-order valence-electron chi connectivity index (χ4n) is 1.36. The van der Waals surface area contributed by atoms with Crippen LogP contribution in [0.25, 0.3) is 0 Å². The molecule has 0 aliphatic carbocycles. The van der Waals surface area contributed by atoms with Crippen LogP contribution in [0.1, 0.15) is 39.2 Å². The Balaban J connectivity index is 0.00000106. The van der Waals surface area contributed by atoms with Gasteiger partial charge in [0.25, 0.3) is 0 Å². The van der Waals surface area contributed by atoms with Crippen LogP contribution in [0.3, 0.4) is 0 Å². The Morgan fingerprint density at radius 1 is 1.31 bits per heavy atom. The highest BCUT2D eigenvalue weighted by Gasteiger charge is 2.05. The van der Waals surface area contributed by atoms with Crippen LogP contribution < -0.4 is 17.0 Å². The normalized spacial score (nSPS) is 9.31. The van der Waals surface area contributed by atoms with E-state index in [0.717, 1.165) is 16.6 Å². The van der Waals surface area contributed by atoms with Gasteiger partial charge in [-0.05, 0) is 46.5 Å². The molecule has 92 valence electrons. The summed E-state index contributed by atoms with van der Waals surface area (Å²) in [6.45, 7) is 6.17. The molecule has 1 aromatic rings. The van der Waals surface area contributed by atoms with E-state index in [2.05, 4.69) is 34.3 Å². The summed E-state index contributed by atoms with van der Waals surface area (Å²) in [4.78, 5) is 0. The molecule has 0 unspecified atom stereocenters. The van der Waals surface area contributed by atoms with E-state index in [-0.39, 0.29) is 0 Å². The zero-order chi connectivity index (χ0) is 12.6. The summed E-state index contributed by atoms with van der Waals surface area (Å²) in [6, 6.07) is 4.02. The van der Waals surface area contributed by atoms with Gasteiger partial charge in [0.1, 0.15) is 0 Å². The number of nitrogen functional groups attached to an aromatic ring is 2. The minimum atomic E-state index is 0.688. The van der Waals surface area contributed by atoms with E-state index in [9.17, 15) is 0 Å².